The Balaban J connectivity index is 0. The molecule has 0 heterocycles. The lowest BCUT2D eigenvalue weighted by Gasteiger charge is -1.23. The van der Waals surface area contributed by atoms with Crippen molar-refractivity contribution in [2.75, 3.05) is 0 Å². The molecule has 0 nitrogen and oxygen atoms in total. The van der Waals surface area contributed by atoms with E-state index in [-0.39, 0.29) is 14.3 Å². The molecule has 0 aliphatic carbocycles. The van der Waals surface area contributed by atoms with Gasteiger partial charge in [0.2, 0.25) is 0 Å². The largest absolute Gasteiger partial charge is 0.120 e. The molecule has 0 N–H and O–H groups in total. The summed E-state index contributed by atoms with van der Waals surface area (Å²) in [6.07, 6.45) is 4.59. The minimum atomic E-state index is 0. The minimum absolute atomic E-state index is 0. The number of hydrogen-bond acceptors (Lipinski definition) is 0. The highest BCUT2D eigenvalue weighted by Gasteiger charge is 1.09. The van der Waals surface area contributed by atoms with Crippen molar-refractivity contribution in [1.82, 2.24) is 0 Å². The molecule has 24 valence electrons. The van der Waals surface area contributed by atoms with Crippen LogP contribution in [0.2, 0.25) is 0 Å². The Kier molecular flexibility index (Phi) is 17.7. The van der Waals surface area contributed by atoms with Crippen molar-refractivity contribution in [2.24, 2.45) is 0 Å². The van der Waals surface area contributed by atoms with Crippen LogP contribution in [0.25, 0.3) is 0 Å². The number of rotatable bonds is 0. The lowest BCUT2D eigenvalue weighted by atomic mass is 10.9. The summed E-state index contributed by atoms with van der Waals surface area (Å²) in [5.74, 6) is 2.10. The van der Waals surface area contributed by atoms with Crippen molar-refractivity contribution >= 4 is 0 Å². The zero-order chi connectivity index (χ0) is 3.41. The van der Waals surface area contributed by atoms with E-state index in [1.165, 1.54) is 0 Å². The first-order valence-electron chi connectivity index (χ1n) is 1.35. The first-order chi connectivity index (χ1) is 1.91. The second kappa shape index (κ2) is 19.9. The van der Waals surface area contributed by atoms with Crippen LogP contribution in [-0.4, -0.2) is 0 Å². The van der Waals surface area contributed by atoms with Crippen LogP contribution in [0.1, 0.15) is 15.7 Å². The van der Waals surface area contributed by atoms with E-state index >= 15 is 0 Å². The van der Waals surface area contributed by atoms with Gasteiger partial charge < -0.3 is 0 Å². The van der Waals surface area contributed by atoms with Gasteiger partial charge in [0.1, 0.15) is 0 Å². The molecule has 0 saturated heterocycles. The average Bonchev–Trinajstić information content (AvgIpc) is 1.37. The van der Waals surface area contributed by atoms with E-state index in [4.69, 9.17) is 1.37 Å². The maximum Gasteiger partial charge on any atom is 0.0366 e. The molecule has 0 bridgehead atoms. The summed E-state index contributed by atoms with van der Waals surface area (Å²) in [6, 6.07) is 0. The number of terminal acetylenes is 1. The van der Waals surface area contributed by atoms with Crippen molar-refractivity contribution in [3.05, 3.63) is 0 Å². The molecule has 0 aliphatic heterocycles. The highest BCUT2D eigenvalue weighted by atomic mass is 13.2. The van der Waals surface area contributed by atoms with Crippen LogP contribution in [0.15, 0.2) is 0 Å². The predicted molar refractivity (Wildman–Crippen MR) is 21.2 cm³/mol. The van der Waals surface area contributed by atoms with Crippen LogP contribution in [0, 0.1) is 12.3 Å². The maximum absolute atomic E-state index is 6.22. The molecule has 0 saturated carbocycles. The molecule has 0 rings (SSSR count). The van der Waals surface area contributed by atoms with Crippen LogP contribution in [0.5, 0.6) is 0 Å². The van der Waals surface area contributed by atoms with Gasteiger partial charge in [-0.15, -0.1) is 12.3 Å². The Morgan fingerprint density at radius 3 is 2.50 bits per heavy atom. The summed E-state index contributed by atoms with van der Waals surface area (Å²) in [5.41, 5.74) is 0. The Labute approximate surface area is 29.2 Å². The number of hydrogen-bond donors (Lipinski definition) is 0. The first kappa shape index (κ1) is 3.56. The van der Waals surface area contributed by atoms with Gasteiger partial charge in [0, 0.05) is 1.37 Å². The zero-order valence-corrected chi connectivity index (χ0v) is 1.78. The van der Waals surface area contributed by atoms with E-state index in [1.54, 1.807) is 0 Å². The average molecular weight is 57.1 g/mol. The van der Waals surface area contributed by atoms with E-state index in [2.05, 4.69) is 12.3 Å². The van der Waals surface area contributed by atoms with Gasteiger partial charge in [-0.1, -0.05) is 7.43 Å². The topological polar surface area (TPSA) is 0 Å². The fourth-order valence-corrected chi connectivity index (χ4v) is 0. The third-order valence-corrected chi connectivity index (χ3v) is 0. The van der Waals surface area contributed by atoms with E-state index in [9.17, 15) is 0 Å². The fraction of sp³-hybridized carbons (Fsp3) is 0.500. The normalized spacial score (nSPS) is 5.25. The van der Waals surface area contributed by atoms with Gasteiger partial charge in [-0.2, -0.15) is 0 Å². The molecular formula is C4H8. The van der Waals surface area contributed by atoms with Crippen LogP contribution >= 0.6 is 0 Å². The summed E-state index contributed by atoms with van der Waals surface area (Å²) in [7, 11) is 0. The van der Waals surface area contributed by atoms with Crippen molar-refractivity contribution < 1.29 is 1.37 Å². The third kappa shape index (κ3) is 2.53. The Morgan fingerprint density at radius 1 is 2.25 bits per heavy atom. The van der Waals surface area contributed by atoms with Crippen LogP contribution in [-0.2, 0) is 0 Å². The van der Waals surface area contributed by atoms with Crippen LogP contribution in [0.4, 0.5) is 0 Å². The lowest BCUT2D eigenvalue weighted by molar-refractivity contribution is 1.94. The quantitative estimate of drug-likeness (QED) is 0.367. The molecule has 0 radical (unpaired) electrons. The molecule has 0 aromatic heterocycles. The molecule has 0 amide bonds. The molecular weight excluding hydrogens is 48.0 g/mol. The van der Waals surface area contributed by atoms with Crippen LogP contribution < -0.4 is 0 Å². The summed E-state index contributed by atoms with van der Waals surface area (Å²) in [6.45, 7) is 0.0972. The molecule has 0 aliphatic rings. The molecule has 4 heavy (non-hydrogen) atoms. The van der Waals surface area contributed by atoms with Crippen molar-refractivity contribution in [3.8, 4) is 12.3 Å². The van der Waals surface area contributed by atoms with Gasteiger partial charge in [-0.3, -0.25) is 0 Å². The molecule has 0 heteroatoms. The first-order valence-corrected chi connectivity index (χ1v) is 0.642. The van der Waals surface area contributed by atoms with Crippen molar-refractivity contribution in [1.29, 1.82) is 0 Å². The van der Waals surface area contributed by atoms with E-state index in [0.717, 1.165) is 0 Å². The second-order valence-electron chi connectivity index (χ2n) is 0.204. The molecule has 0 atom stereocenters. The van der Waals surface area contributed by atoms with Gasteiger partial charge in [-0.05, 0) is 6.90 Å². The van der Waals surface area contributed by atoms with Crippen molar-refractivity contribution in [2.45, 2.75) is 14.3 Å². The Bertz CT molecular complexity index is 33.4. The predicted octanol–water partition coefficient (Wildman–Crippen LogP) is 1.28. The third-order valence-electron chi connectivity index (χ3n) is 0. The maximum atomic E-state index is 6.22. The smallest absolute Gasteiger partial charge is 0.0366 e. The fourth-order valence-electron chi connectivity index (χ4n) is 0. The zero-order valence-electron chi connectivity index (χ0n) is 2.78. The van der Waals surface area contributed by atoms with Gasteiger partial charge in [-0.25, -0.2) is 0 Å². The lowest BCUT2D eigenvalue weighted by Crippen LogP contribution is -1.10. The molecule has 0 aromatic rings. The van der Waals surface area contributed by atoms with E-state index < -0.39 is 0 Å². The van der Waals surface area contributed by atoms with Gasteiger partial charge in [0.05, 0.1) is 0 Å². The van der Waals surface area contributed by atoms with E-state index in [0.29, 0.717) is 0 Å². The van der Waals surface area contributed by atoms with E-state index in [1.807, 2.05) is 0 Å². The Hall–Kier alpha value is -0.440. The summed E-state index contributed by atoms with van der Waals surface area (Å²) >= 11 is 0. The molecule has 0 aromatic carbocycles. The second-order valence-corrected chi connectivity index (χ2v) is 0.204. The monoisotopic (exact) mass is 57.1 g/mol. The SMILES string of the molecule is C.[2H]CC#C. The highest BCUT2D eigenvalue weighted by Crippen LogP contribution is 1.21. The molecule has 0 unspecified atom stereocenters. The summed E-state index contributed by atoms with van der Waals surface area (Å²) < 4.78 is 6.22. The van der Waals surface area contributed by atoms with Crippen molar-refractivity contribution in [3.63, 3.8) is 0 Å². The summed E-state index contributed by atoms with van der Waals surface area (Å²) in [5, 5.41) is 0. The molecule has 0 spiro atoms. The van der Waals surface area contributed by atoms with Gasteiger partial charge >= 0.3 is 0 Å². The minimum Gasteiger partial charge on any atom is -0.120 e. The van der Waals surface area contributed by atoms with Crippen LogP contribution in [0.3, 0.4) is 0 Å². The standard InChI is InChI=1S/C3H4.CH4/c1-3-2;/h1H,2H3;1H4/i2D;. The Morgan fingerprint density at radius 2 is 2.50 bits per heavy atom. The van der Waals surface area contributed by atoms with Gasteiger partial charge in [0.15, 0.2) is 0 Å². The molecule has 0 fully saturated rings. The van der Waals surface area contributed by atoms with Gasteiger partial charge in [0.25, 0.3) is 0 Å². The highest BCUT2D eigenvalue weighted by molar-refractivity contribution is 4.73. The summed E-state index contributed by atoms with van der Waals surface area (Å²) in [4.78, 5) is 0.